The predicted molar refractivity (Wildman–Crippen MR) is 112 cm³/mol. The first-order chi connectivity index (χ1) is 13.5. The van der Waals surface area contributed by atoms with Crippen molar-refractivity contribution in [1.82, 2.24) is 0 Å². The number of hydrogen-bond acceptors (Lipinski definition) is 3. The number of Topliss-reactive ketones (excluding diaryl/α,β-unsaturated/α-hetero) is 1. The molecule has 3 aromatic carbocycles. The van der Waals surface area contributed by atoms with E-state index in [1.807, 2.05) is 24.3 Å². The van der Waals surface area contributed by atoms with Gasteiger partial charge in [0.2, 0.25) is 5.78 Å². The first kappa shape index (κ1) is 18.9. The normalized spacial score (nSPS) is 14.1. The van der Waals surface area contributed by atoms with E-state index in [9.17, 15) is 4.79 Å². The molecule has 0 unspecified atom stereocenters. The van der Waals surface area contributed by atoms with Crippen LogP contribution >= 0.6 is 34.8 Å². The minimum absolute atomic E-state index is 0.183. The van der Waals surface area contributed by atoms with Crippen molar-refractivity contribution in [2.75, 3.05) is 0 Å². The van der Waals surface area contributed by atoms with Crippen LogP contribution in [-0.4, -0.2) is 5.78 Å². The molecule has 0 radical (unpaired) electrons. The van der Waals surface area contributed by atoms with Crippen LogP contribution in [0.5, 0.6) is 11.5 Å². The van der Waals surface area contributed by atoms with Crippen LogP contribution < -0.4 is 9.47 Å². The zero-order chi connectivity index (χ0) is 19.7. The molecule has 28 heavy (non-hydrogen) atoms. The monoisotopic (exact) mass is 430 g/mol. The highest BCUT2D eigenvalue weighted by molar-refractivity contribution is 6.43. The van der Waals surface area contributed by atoms with Gasteiger partial charge < -0.3 is 9.47 Å². The van der Waals surface area contributed by atoms with Gasteiger partial charge in [-0.25, -0.2) is 0 Å². The van der Waals surface area contributed by atoms with Crippen molar-refractivity contribution in [3.05, 3.63) is 98.2 Å². The standard InChI is InChI=1S/C22H13Cl3O3/c23-17-6-2-1-4-14(17)12-27-15-8-9-16-19(11-15)28-20(22(16)26)10-13-5-3-7-18(24)21(13)25/h1-11H,12H2/b20-10-. The molecule has 0 atom stereocenters. The van der Waals surface area contributed by atoms with Gasteiger partial charge in [-0.15, -0.1) is 0 Å². The summed E-state index contributed by atoms with van der Waals surface area (Å²) in [5.74, 6) is 0.977. The van der Waals surface area contributed by atoms with Crippen molar-refractivity contribution in [2.45, 2.75) is 6.61 Å². The number of rotatable bonds is 4. The zero-order valence-corrected chi connectivity index (χ0v) is 16.7. The number of fused-ring (bicyclic) bond motifs is 1. The van der Waals surface area contributed by atoms with Gasteiger partial charge in [0.1, 0.15) is 18.1 Å². The Balaban J connectivity index is 1.55. The van der Waals surface area contributed by atoms with Crippen LogP contribution in [0, 0.1) is 0 Å². The van der Waals surface area contributed by atoms with Crippen LogP contribution in [0.15, 0.2) is 66.4 Å². The molecule has 140 valence electrons. The third-order valence-electron chi connectivity index (χ3n) is 4.26. The molecule has 1 heterocycles. The molecule has 0 saturated heterocycles. The summed E-state index contributed by atoms with van der Waals surface area (Å²) in [7, 11) is 0. The largest absolute Gasteiger partial charge is 0.489 e. The van der Waals surface area contributed by atoms with Crippen LogP contribution in [0.3, 0.4) is 0 Å². The van der Waals surface area contributed by atoms with Gasteiger partial charge in [-0.05, 0) is 35.9 Å². The fourth-order valence-electron chi connectivity index (χ4n) is 2.81. The highest BCUT2D eigenvalue weighted by atomic mass is 35.5. The lowest BCUT2D eigenvalue weighted by Crippen LogP contribution is -1.98. The van der Waals surface area contributed by atoms with E-state index in [1.54, 1.807) is 42.5 Å². The van der Waals surface area contributed by atoms with E-state index in [4.69, 9.17) is 44.3 Å². The highest BCUT2D eigenvalue weighted by Gasteiger charge is 2.28. The molecule has 0 fully saturated rings. The Bertz CT molecular complexity index is 1110. The first-order valence-electron chi connectivity index (χ1n) is 8.41. The second-order valence-electron chi connectivity index (χ2n) is 6.12. The highest BCUT2D eigenvalue weighted by Crippen LogP contribution is 2.36. The average Bonchev–Trinajstić information content (AvgIpc) is 3.00. The summed E-state index contributed by atoms with van der Waals surface area (Å²) in [6.45, 7) is 0.313. The lowest BCUT2D eigenvalue weighted by atomic mass is 10.1. The van der Waals surface area contributed by atoms with Gasteiger partial charge >= 0.3 is 0 Å². The molecule has 6 heteroatoms. The van der Waals surface area contributed by atoms with Gasteiger partial charge in [-0.3, -0.25) is 4.79 Å². The number of carbonyl (C=O) groups excluding carboxylic acids is 1. The minimum Gasteiger partial charge on any atom is -0.489 e. The van der Waals surface area contributed by atoms with E-state index in [0.717, 1.165) is 5.56 Å². The molecule has 0 saturated carbocycles. The quantitative estimate of drug-likeness (QED) is 0.424. The Morgan fingerprint density at radius 1 is 0.929 bits per heavy atom. The van der Waals surface area contributed by atoms with E-state index >= 15 is 0 Å². The van der Waals surface area contributed by atoms with Crippen molar-refractivity contribution in [2.24, 2.45) is 0 Å². The maximum absolute atomic E-state index is 12.6. The van der Waals surface area contributed by atoms with Crippen LogP contribution in [0.25, 0.3) is 6.08 Å². The number of halogens is 3. The predicted octanol–water partition coefficient (Wildman–Crippen LogP) is 6.84. The van der Waals surface area contributed by atoms with E-state index in [0.29, 0.717) is 44.3 Å². The smallest absolute Gasteiger partial charge is 0.231 e. The van der Waals surface area contributed by atoms with Crippen LogP contribution in [0.2, 0.25) is 15.1 Å². The Morgan fingerprint density at radius 3 is 2.54 bits per heavy atom. The molecule has 3 nitrogen and oxygen atoms in total. The Labute approximate surface area is 177 Å². The van der Waals surface area contributed by atoms with E-state index in [1.165, 1.54) is 0 Å². The van der Waals surface area contributed by atoms with Gasteiger partial charge in [0, 0.05) is 16.7 Å². The SMILES string of the molecule is O=C1/C(=C/c2cccc(Cl)c2Cl)Oc2cc(OCc3ccccc3Cl)ccc21. The van der Waals surface area contributed by atoms with Crippen molar-refractivity contribution in [3.63, 3.8) is 0 Å². The molecule has 0 bridgehead atoms. The summed E-state index contributed by atoms with van der Waals surface area (Å²) in [6.07, 6.45) is 1.58. The number of hydrogen-bond donors (Lipinski definition) is 0. The maximum Gasteiger partial charge on any atom is 0.231 e. The number of benzene rings is 3. The summed E-state index contributed by atoms with van der Waals surface area (Å²) in [4.78, 5) is 12.6. The van der Waals surface area contributed by atoms with Crippen molar-refractivity contribution >= 4 is 46.7 Å². The Hall–Kier alpha value is -2.46. The molecular formula is C22H13Cl3O3. The molecule has 1 aliphatic heterocycles. The molecule has 0 N–H and O–H groups in total. The van der Waals surface area contributed by atoms with Crippen molar-refractivity contribution in [1.29, 1.82) is 0 Å². The molecule has 1 aliphatic rings. The Morgan fingerprint density at radius 2 is 1.71 bits per heavy atom. The summed E-state index contributed by atoms with van der Waals surface area (Å²) < 4.78 is 11.5. The van der Waals surface area contributed by atoms with Gasteiger partial charge in [0.05, 0.1) is 15.6 Å². The van der Waals surface area contributed by atoms with E-state index in [-0.39, 0.29) is 11.5 Å². The van der Waals surface area contributed by atoms with Crippen molar-refractivity contribution < 1.29 is 14.3 Å². The van der Waals surface area contributed by atoms with Crippen LogP contribution in [0.4, 0.5) is 0 Å². The fraction of sp³-hybridized carbons (Fsp3) is 0.0455. The molecule has 4 rings (SSSR count). The number of ether oxygens (including phenoxy) is 2. The maximum atomic E-state index is 12.6. The third-order valence-corrected chi connectivity index (χ3v) is 5.46. The molecule has 0 spiro atoms. The summed E-state index contributed by atoms with van der Waals surface area (Å²) in [5.41, 5.74) is 1.95. The van der Waals surface area contributed by atoms with Crippen molar-refractivity contribution in [3.8, 4) is 11.5 Å². The topological polar surface area (TPSA) is 35.5 Å². The van der Waals surface area contributed by atoms with E-state index < -0.39 is 0 Å². The van der Waals surface area contributed by atoms with Gasteiger partial charge in [-0.1, -0.05) is 65.1 Å². The fourth-order valence-corrected chi connectivity index (χ4v) is 3.36. The molecule has 0 aromatic heterocycles. The molecule has 3 aromatic rings. The first-order valence-corrected chi connectivity index (χ1v) is 9.55. The zero-order valence-electron chi connectivity index (χ0n) is 14.4. The van der Waals surface area contributed by atoms with Gasteiger partial charge in [-0.2, -0.15) is 0 Å². The Kier molecular flexibility index (Phi) is 5.31. The van der Waals surface area contributed by atoms with Gasteiger partial charge in [0.25, 0.3) is 0 Å². The number of allylic oxidation sites excluding steroid dienone is 1. The minimum atomic E-state index is -0.219. The molecule has 0 aliphatic carbocycles. The van der Waals surface area contributed by atoms with Crippen LogP contribution in [0.1, 0.15) is 21.5 Å². The summed E-state index contributed by atoms with van der Waals surface area (Å²) in [5, 5.41) is 1.42. The van der Waals surface area contributed by atoms with Gasteiger partial charge in [0.15, 0.2) is 5.76 Å². The second kappa shape index (κ2) is 7.88. The molecular weight excluding hydrogens is 419 g/mol. The van der Waals surface area contributed by atoms with Crippen LogP contribution in [-0.2, 0) is 6.61 Å². The number of carbonyl (C=O) groups is 1. The summed E-state index contributed by atoms with van der Waals surface area (Å²) >= 11 is 18.4. The lowest BCUT2D eigenvalue weighted by molar-refractivity contribution is 0.101. The number of ketones is 1. The molecule has 0 amide bonds. The second-order valence-corrected chi connectivity index (χ2v) is 7.31. The summed E-state index contributed by atoms with van der Waals surface area (Å²) in [6, 6.07) is 17.8. The average molecular weight is 432 g/mol. The lowest BCUT2D eigenvalue weighted by Gasteiger charge is -2.08. The van der Waals surface area contributed by atoms with E-state index in [2.05, 4.69) is 0 Å². The third kappa shape index (κ3) is 3.74.